The number of hydrogen-bond donors (Lipinski definition) is 2. The lowest BCUT2D eigenvalue weighted by Gasteiger charge is -2.22. The summed E-state index contributed by atoms with van der Waals surface area (Å²) in [6, 6.07) is 4.06. The summed E-state index contributed by atoms with van der Waals surface area (Å²) in [7, 11) is 0. The zero-order valence-electron chi connectivity index (χ0n) is 9.63. The summed E-state index contributed by atoms with van der Waals surface area (Å²) in [6.45, 7) is 4.12. The molecule has 2 aromatic rings. The Morgan fingerprint density at radius 1 is 1.29 bits per heavy atom. The molecule has 3 N–H and O–H groups in total. The monoisotopic (exact) mass is 232 g/mol. The van der Waals surface area contributed by atoms with Crippen molar-refractivity contribution in [1.29, 1.82) is 0 Å². The molecule has 0 bridgehead atoms. The highest BCUT2D eigenvalue weighted by Gasteiger charge is 2.14. The van der Waals surface area contributed by atoms with Crippen molar-refractivity contribution in [3.8, 4) is 0 Å². The number of hydrogen-bond acceptors (Lipinski definition) is 5. The van der Waals surface area contributed by atoms with Gasteiger partial charge in [-0.05, 0) is 25.1 Å². The van der Waals surface area contributed by atoms with Crippen molar-refractivity contribution in [2.75, 3.05) is 36.8 Å². The first-order valence-corrected chi connectivity index (χ1v) is 5.91. The van der Waals surface area contributed by atoms with Gasteiger partial charge in [-0.25, -0.2) is 4.52 Å². The third-order valence-corrected chi connectivity index (χ3v) is 3.04. The maximum absolute atomic E-state index is 5.65. The summed E-state index contributed by atoms with van der Waals surface area (Å²) in [5, 5.41) is 7.52. The highest BCUT2D eigenvalue weighted by molar-refractivity contribution is 5.69. The molecule has 0 atom stereocenters. The minimum atomic E-state index is 0.324. The fourth-order valence-electron chi connectivity index (χ4n) is 2.24. The predicted octanol–water partition coefficient (Wildman–Crippen LogP) is 0.111. The second-order valence-electron chi connectivity index (χ2n) is 4.22. The second kappa shape index (κ2) is 4.21. The van der Waals surface area contributed by atoms with Crippen molar-refractivity contribution in [3.63, 3.8) is 0 Å². The van der Waals surface area contributed by atoms with E-state index in [0.29, 0.717) is 5.95 Å². The van der Waals surface area contributed by atoms with Crippen molar-refractivity contribution < 1.29 is 0 Å². The summed E-state index contributed by atoms with van der Waals surface area (Å²) in [5.41, 5.74) is 7.60. The molecule has 6 heteroatoms. The molecule has 17 heavy (non-hydrogen) atoms. The quantitative estimate of drug-likeness (QED) is 0.730. The van der Waals surface area contributed by atoms with Gasteiger partial charge in [0.1, 0.15) is 0 Å². The van der Waals surface area contributed by atoms with Gasteiger partial charge < -0.3 is 16.0 Å². The Labute approximate surface area is 99.4 Å². The summed E-state index contributed by atoms with van der Waals surface area (Å²) in [5.74, 6) is 0.324. The normalized spacial score (nSPS) is 17.3. The van der Waals surface area contributed by atoms with Gasteiger partial charge in [0, 0.05) is 25.8 Å². The van der Waals surface area contributed by atoms with Crippen molar-refractivity contribution in [3.05, 3.63) is 18.3 Å². The molecule has 3 rings (SSSR count). The fourth-order valence-corrected chi connectivity index (χ4v) is 2.24. The smallest absolute Gasteiger partial charge is 0.240 e. The van der Waals surface area contributed by atoms with Gasteiger partial charge >= 0.3 is 0 Å². The van der Waals surface area contributed by atoms with Crippen molar-refractivity contribution in [2.24, 2.45) is 0 Å². The molecule has 1 aliphatic heterocycles. The number of nitrogens with one attached hydrogen (secondary N) is 1. The van der Waals surface area contributed by atoms with Crippen LogP contribution in [0.3, 0.4) is 0 Å². The first-order valence-electron chi connectivity index (χ1n) is 5.91. The van der Waals surface area contributed by atoms with Gasteiger partial charge in [-0.1, -0.05) is 0 Å². The summed E-state index contributed by atoms with van der Waals surface area (Å²) in [6.07, 6.45) is 3.02. The first kappa shape index (κ1) is 10.3. The molecular formula is C11H16N6. The first-order chi connectivity index (χ1) is 8.34. The maximum atomic E-state index is 5.65. The van der Waals surface area contributed by atoms with Crippen LogP contribution in [0.5, 0.6) is 0 Å². The van der Waals surface area contributed by atoms with Gasteiger partial charge in [-0.15, -0.1) is 5.10 Å². The zero-order valence-corrected chi connectivity index (χ0v) is 9.63. The van der Waals surface area contributed by atoms with Gasteiger partial charge in [0.15, 0.2) is 5.65 Å². The molecule has 1 aliphatic rings. The van der Waals surface area contributed by atoms with E-state index in [1.807, 2.05) is 12.3 Å². The van der Waals surface area contributed by atoms with E-state index >= 15 is 0 Å². The molecule has 3 heterocycles. The van der Waals surface area contributed by atoms with Gasteiger partial charge in [-0.2, -0.15) is 4.98 Å². The van der Waals surface area contributed by atoms with Crippen LogP contribution in [0, 0.1) is 0 Å². The molecule has 0 unspecified atom stereocenters. The lowest BCUT2D eigenvalue weighted by molar-refractivity contribution is 0.724. The summed E-state index contributed by atoms with van der Waals surface area (Å²) >= 11 is 0. The molecule has 2 aromatic heterocycles. The number of pyridine rings is 1. The third kappa shape index (κ3) is 1.91. The van der Waals surface area contributed by atoms with Crippen LogP contribution in [-0.4, -0.2) is 40.8 Å². The molecule has 0 radical (unpaired) electrons. The Balaban J connectivity index is 2.03. The van der Waals surface area contributed by atoms with Crippen molar-refractivity contribution in [1.82, 2.24) is 19.9 Å². The molecule has 0 aliphatic carbocycles. The predicted molar refractivity (Wildman–Crippen MR) is 67.1 cm³/mol. The van der Waals surface area contributed by atoms with E-state index in [1.165, 1.54) is 0 Å². The summed E-state index contributed by atoms with van der Waals surface area (Å²) in [4.78, 5) is 6.62. The van der Waals surface area contributed by atoms with E-state index in [2.05, 4.69) is 26.4 Å². The van der Waals surface area contributed by atoms with Crippen LogP contribution in [-0.2, 0) is 0 Å². The maximum Gasteiger partial charge on any atom is 0.240 e. The number of rotatable bonds is 1. The van der Waals surface area contributed by atoms with E-state index in [-0.39, 0.29) is 0 Å². The standard InChI is InChI=1S/C11H16N6/c12-11-14-10-9(3-1-7-17(10)15-11)16-6-2-4-13-5-8-16/h1,3,7,13H,2,4-6,8H2,(H2,12,15). The van der Waals surface area contributed by atoms with Crippen molar-refractivity contribution in [2.45, 2.75) is 6.42 Å². The highest BCUT2D eigenvalue weighted by atomic mass is 15.3. The van der Waals surface area contributed by atoms with Crippen molar-refractivity contribution >= 4 is 17.3 Å². The Bertz CT molecular complexity index is 512. The van der Waals surface area contributed by atoms with E-state index in [0.717, 1.165) is 43.9 Å². The average Bonchev–Trinajstić information content (AvgIpc) is 2.55. The van der Waals surface area contributed by atoms with Crippen LogP contribution in [0.25, 0.3) is 5.65 Å². The second-order valence-corrected chi connectivity index (χ2v) is 4.22. The van der Waals surface area contributed by atoms with E-state index in [1.54, 1.807) is 4.52 Å². The number of nitrogen functional groups attached to an aromatic ring is 1. The molecular weight excluding hydrogens is 216 g/mol. The van der Waals surface area contributed by atoms with Crippen LogP contribution in [0.4, 0.5) is 11.6 Å². The highest BCUT2D eigenvalue weighted by Crippen LogP contribution is 2.20. The Hall–Kier alpha value is -1.82. The molecule has 0 aromatic carbocycles. The molecule has 0 spiro atoms. The van der Waals surface area contributed by atoms with Gasteiger partial charge in [0.25, 0.3) is 0 Å². The fraction of sp³-hybridized carbons (Fsp3) is 0.455. The number of anilines is 2. The SMILES string of the molecule is Nc1nc2c(N3CCCNCC3)cccn2n1. The summed E-state index contributed by atoms with van der Waals surface area (Å²) < 4.78 is 1.74. The van der Waals surface area contributed by atoms with E-state index in [9.17, 15) is 0 Å². The molecule has 1 fully saturated rings. The topological polar surface area (TPSA) is 71.5 Å². The zero-order chi connectivity index (χ0) is 11.7. The minimum Gasteiger partial charge on any atom is -0.367 e. The third-order valence-electron chi connectivity index (χ3n) is 3.04. The Kier molecular flexibility index (Phi) is 2.56. The largest absolute Gasteiger partial charge is 0.367 e. The van der Waals surface area contributed by atoms with Crippen LogP contribution < -0.4 is 16.0 Å². The molecule has 90 valence electrons. The molecule has 6 nitrogen and oxygen atoms in total. The lowest BCUT2D eigenvalue weighted by Crippen LogP contribution is -2.28. The minimum absolute atomic E-state index is 0.324. The van der Waals surface area contributed by atoms with E-state index < -0.39 is 0 Å². The number of nitrogens with two attached hydrogens (primary N) is 1. The molecule has 0 saturated carbocycles. The molecule has 1 saturated heterocycles. The number of nitrogens with zero attached hydrogens (tertiary/aromatic N) is 4. The van der Waals surface area contributed by atoms with Gasteiger partial charge in [0.2, 0.25) is 5.95 Å². The van der Waals surface area contributed by atoms with E-state index in [4.69, 9.17) is 5.73 Å². The van der Waals surface area contributed by atoms with Crippen LogP contribution in [0.2, 0.25) is 0 Å². The van der Waals surface area contributed by atoms with Crippen LogP contribution >= 0.6 is 0 Å². The average molecular weight is 232 g/mol. The number of fused-ring (bicyclic) bond motifs is 1. The lowest BCUT2D eigenvalue weighted by atomic mass is 10.3. The van der Waals surface area contributed by atoms with Crippen LogP contribution in [0.1, 0.15) is 6.42 Å². The van der Waals surface area contributed by atoms with Gasteiger partial charge in [-0.3, -0.25) is 0 Å². The van der Waals surface area contributed by atoms with Gasteiger partial charge in [0.05, 0.1) is 5.69 Å². The molecule has 0 amide bonds. The number of aromatic nitrogens is 3. The Morgan fingerprint density at radius 2 is 2.24 bits per heavy atom. The Morgan fingerprint density at radius 3 is 3.18 bits per heavy atom. The van der Waals surface area contributed by atoms with Crippen LogP contribution in [0.15, 0.2) is 18.3 Å².